The fraction of sp³-hybridized carbons (Fsp3) is 0.350. The molecule has 4 rings (SSSR count). The number of thioether (sulfide) groups is 1. The number of halogens is 1. The molecule has 1 fully saturated rings. The summed E-state index contributed by atoms with van der Waals surface area (Å²) in [6.45, 7) is 2.56. The number of aromatic nitrogens is 3. The quantitative estimate of drug-likeness (QED) is 0.570. The number of nitrogens with one attached hydrogen (secondary N) is 1. The lowest BCUT2D eigenvalue weighted by molar-refractivity contribution is -0.118. The topological polar surface area (TPSA) is 76.2 Å². The molecule has 0 atom stereocenters. The molecular weight excluding hydrogens is 393 g/mol. The summed E-state index contributed by atoms with van der Waals surface area (Å²) in [6.07, 6.45) is 3.90. The van der Waals surface area contributed by atoms with Crippen molar-refractivity contribution in [3.8, 4) is 0 Å². The second-order valence-corrected chi connectivity index (χ2v) is 7.74. The maximum Gasteiger partial charge on any atom is 0.230 e. The molecular formula is C20H22FN5O2S. The van der Waals surface area contributed by atoms with Gasteiger partial charge >= 0.3 is 0 Å². The Morgan fingerprint density at radius 3 is 2.76 bits per heavy atom. The van der Waals surface area contributed by atoms with E-state index in [9.17, 15) is 9.18 Å². The maximum atomic E-state index is 13.7. The molecule has 0 spiro atoms. The lowest BCUT2D eigenvalue weighted by Gasteiger charge is -2.17. The van der Waals surface area contributed by atoms with E-state index in [1.165, 1.54) is 17.8 Å². The minimum Gasteiger partial charge on any atom is -0.467 e. The Bertz CT molecular complexity index is 954. The Labute approximate surface area is 172 Å². The van der Waals surface area contributed by atoms with E-state index in [0.717, 1.165) is 37.6 Å². The van der Waals surface area contributed by atoms with Crippen LogP contribution < -0.4 is 10.2 Å². The second-order valence-electron chi connectivity index (χ2n) is 6.80. The van der Waals surface area contributed by atoms with Crippen LogP contribution in [-0.2, 0) is 17.9 Å². The molecule has 0 aliphatic carbocycles. The average Bonchev–Trinajstić information content (AvgIpc) is 3.48. The predicted octanol–water partition coefficient (Wildman–Crippen LogP) is 3.07. The molecule has 9 heteroatoms. The average molecular weight is 415 g/mol. The van der Waals surface area contributed by atoms with Crippen LogP contribution in [0.25, 0.3) is 0 Å². The number of hydrogen-bond donors (Lipinski definition) is 1. The van der Waals surface area contributed by atoms with Crippen LogP contribution in [0.5, 0.6) is 0 Å². The van der Waals surface area contributed by atoms with Gasteiger partial charge < -0.3 is 14.6 Å². The molecule has 1 N–H and O–H groups in total. The third kappa shape index (κ3) is 4.79. The molecule has 1 amide bonds. The van der Waals surface area contributed by atoms with E-state index < -0.39 is 0 Å². The van der Waals surface area contributed by atoms with Crippen LogP contribution in [-0.4, -0.2) is 39.5 Å². The van der Waals surface area contributed by atoms with Crippen LogP contribution in [0, 0.1) is 5.82 Å². The van der Waals surface area contributed by atoms with E-state index in [1.807, 2.05) is 16.7 Å². The maximum absolute atomic E-state index is 13.7. The Hall–Kier alpha value is -2.81. The van der Waals surface area contributed by atoms with Crippen molar-refractivity contribution in [2.24, 2.45) is 0 Å². The molecule has 0 unspecified atom stereocenters. The zero-order chi connectivity index (χ0) is 20.1. The minimum atomic E-state index is -0.325. The van der Waals surface area contributed by atoms with Crippen molar-refractivity contribution >= 4 is 23.6 Å². The molecule has 2 aromatic heterocycles. The summed E-state index contributed by atoms with van der Waals surface area (Å²) in [4.78, 5) is 14.5. The highest BCUT2D eigenvalue weighted by molar-refractivity contribution is 7.99. The van der Waals surface area contributed by atoms with Gasteiger partial charge in [0.05, 0.1) is 18.6 Å². The molecule has 1 saturated heterocycles. The third-order valence-electron chi connectivity index (χ3n) is 4.75. The summed E-state index contributed by atoms with van der Waals surface area (Å²) in [5.74, 6) is 1.26. The fourth-order valence-electron chi connectivity index (χ4n) is 3.25. The van der Waals surface area contributed by atoms with Crippen LogP contribution >= 0.6 is 11.8 Å². The molecule has 1 aliphatic heterocycles. The van der Waals surface area contributed by atoms with Crippen LogP contribution in [0.2, 0.25) is 0 Å². The Balaban J connectivity index is 1.41. The fourth-order valence-corrected chi connectivity index (χ4v) is 4.02. The van der Waals surface area contributed by atoms with Crippen molar-refractivity contribution in [2.75, 3.05) is 23.7 Å². The normalized spacial score (nSPS) is 13.8. The molecule has 7 nitrogen and oxygen atoms in total. The molecule has 1 aliphatic rings. The lowest BCUT2D eigenvalue weighted by Crippen LogP contribution is -2.25. The smallest absolute Gasteiger partial charge is 0.230 e. The highest BCUT2D eigenvalue weighted by Gasteiger charge is 2.22. The number of carbonyl (C=O) groups excluding carboxylic acids is 1. The first-order valence-corrected chi connectivity index (χ1v) is 10.5. The number of carbonyl (C=O) groups is 1. The summed E-state index contributed by atoms with van der Waals surface area (Å²) in [6, 6.07) is 10.2. The number of hydrogen-bond acceptors (Lipinski definition) is 6. The number of rotatable bonds is 8. The SMILES string of the molecule is O=C(CSc1nnc(N2CCCC2)n1Cc1ccco1)NCc1ccccc1F. The monoisotopic (exact) mass is 415 g/mol. The van der Waals surface area contributed by atoms with Crippen molar-refractivity contribution < 1.29 is 13.6 Å². The molecule has 3 aromatic rings. The van der Waals surface area contributed by atoms with Gasteiger partial charge in [-0.3, -0.25) is 9.36 Å². The first-order valence-electron chi connectivity index (χ1n) is 9.54. The third-order valence-corrected chi connectivity index (χ3v) is 5.71. The number of furan rings is 1. The van der Waals surface area contributed by atoms with Crippen molar-refractivity contribution in [1.29, 1.82) is 0 Å². The van der Waals surface area contributed by atoms with Gasteiger partial charge in [-0.25, -0.2) is 4.39 Å². The predicted molar refractivity (Wildman–Crippen MR) is 108 cm³/mol. The molecule has 0 bridgehead atoms. The summed E-state index contributed by atoms with van der Waals surface area (Å²) < 4.78 is 21.2. The number of anilines is 1. The van der Waals surface area contributed by atoms with Crippen LogP contribution in [0.3, 0.4) is 0 Å². The number of nitrogens with zero attached hydrogens (tertiary/aromatic N) is 4. The molecule has 1 aromatic carbocycles. The highest BCUT2D eigenvalue weighted by Crippen LogP contribution is 2.26. The van der Waals surface area contributed by atoms with E-state index in [-0.39, 0.29) is 24.0 Å². The van der Waals surface area contributed by atoms with Gasteiger partial charge in [0.2, 0.25) is 11.9 Å². The van der Waals surface area contributed by atoms with Gasteiger partial charge in [0.1, 0.15) is 11.6 Å². The first kappa shape index (κ1) is 19.5. The van der Waals surface area contributed by atoms with Gasteiger partial charge in [-0.1, -0.05) is 30.0 Å². The summed E-state index contributed by atoms with van der Waals surface area (Å²) in [5, 5.41) is 12.1. The van der Waals surface area contributed by atoms with Gasteiger partial charge in [-0.2, -0.15) is 0 Å². The molecule has 152 valence electrons. The molecule has 3 heterocycles. The van der Waals surface area contributed by atoms with Crippen LogP contribution in [0.4, 0.5) is 10.3 Å². The largest absolute Gasteiger partial charge is 0.467 e. The van der Waals surface area contributed by atoms with Crippen molar-refractivity contribution in [1.82, 2.24) is 20.1 Å². The lowest BCUT2D eigenvalue weighted by atomic mass is 10.2. The van der Waals surface area contributed by atoms with E-state index in [4.69, 9.17) is 4.42 Å². The van der Waals surface area contributed by atoms with Gasteiger partial charge in [0, 0.05) is 25.2 Å². The van der Waals surface area contributed by atoms with Crippen molar-refractivity contribution in [2.45, 2.75) is 31.1 Å². The van der Waals surface area contributed by atoms with E-state index in [2.05, 4.69) is 20.4 Å². The first-order chi connectivity index (χ1) is 14.2. The van der Waals surface area contributed by atoms with Crippen LogP contribution in [0.1, 0.15) is 24.2 Å². The Morgan fingerprint density at radius 2 is 2.00 bits per heavy atom. The van der Waals surface area contributed by atoms with Crippen LogP contribution in [0.15, 0.2) is 52.2 Å². The van der Waals surface area contributed by atoms with E-state index >= 15 is 0 Å². The van der Waals surface area contributed by atoms with Gasteiger partial charge in [-0.15, -0.1) is 10.2 Å². The van der Waals surface area contributed by atoms with Gasteiger partial charge in [0.25, 0.3) is 0 Å². The summed E-state index contributed by atoms with van der Waals surface area (Å²) in [5.41, 5.74) is 0.461. The number of benzene rings is 1. The zero-order valence-corrected chi connectivity index (χ0v) is 16.7. The standard InChI is InChI=1S/C20H22FN5O2S/c21-17-8-2-1-6-15(17)12-22-18(27)14-29-20-24-23-19(25-9-3-4-10-25)26(20)13-16-7-5-11-28-16/h1-2,5-8,11H,3-4,9-10,12-14H2,(H,22,27). The van der Waals surface area contributed by atoms with E-state index in [1.54, 1.807) is 24.5 Å². The van der Waals surface area contributed by atoms with Gasteiger partial charge in [0.15, 0.2) is 5.16 Å². The Morgan fingerprint density at radius 1 is 1.17 bits per heavy atom. The minimum absolute atomic E-state index is 0.157. The molecule has 0 radical (unpaired) electrons. The highest BCUT2D eigenvalue weighted by atomic mass is 32.2. The second kappa shape index (κ2) is 9.13. The van der Waals surface area contributed by atoms with E-state index in [0.29, 0.717) is 17.3 Å². The van der Waals surface area contributed by atoms with Crippen molar-refractivity contribution in [3.05, 3.63) is 59.8 Å². The number of amides is 1. The summed E-state index contributed by atoms with van der Waals surface area (Å²) in [7, 11) is 0. The molecule has 29 heavy (non-hydrogen) atoms. The van der Waals surface area contributed by atoms with Gasteiger partial charge in [-0.05, 0) is 31.0 Å². The zero-order valence-electron chi connectivity index (χ0n) is 15.9. The van der Waals surface area contributed by atoms with Crippen molar-refractivity contribution in [3.63, 3.8) is 0 Å². The Kier molecular flexibility index (Phi) is 6.14. The molecule has 0 saturated carbocycles. The summed E-state index contributed by atoms with van der Waals surface area (Å²) >= 11 is 1.31.